The van der Waals surface area contributed by atoms with Crippen LogP contribution in [0.25, 0.3) is 0 Å². The molecule has 0 spiro atoms. The Labute approximate surface area is 113 Å². The lowest BCUT2D eigenvalue weighted by molar-refractivity contribution is 0.579. The minimum absolute atomic E-state index is 0.254. The topological polar surface area (TPSA) is 29.1 Å². The molecule has 2 rings (SSSR count). The summed E-state index contributed by atoms with van der Waals surface area (Å²) in [5.41, 5.74) is 2.71. The predicted octanol–water partition coefficient (Wildman–Crippen LogP) is 2.81. The van der Waals surface area contributed by atoms with Gasteiger partial charge in [-0.2, -0.15) is 0 Å². The summed E-state index contributed by atoms with van der Waals surface area (Å²) in [6, 6.07) is 8.76. The van der Waals surface area contributed by atoms with Crippen molar-refractivity contribution in [1.29, 1.82) is 0 Å². The van der Waals surface area contributed by atoms with Crippen molar-refractivity contribution in [2.45, 2.75) is 43.9 Å². The SMILES string of the molecule is CCCCCS(=O)C1Cc2ccccc2C1NC. The third-order valence-electron chi connectivity index (χ3n) is 3.78. The second-order valence-corrected chi connectivity index (χ2v) is 6.77. The van der Waals surface area contributed by atoms with Gasteiger partial charge in [-0.15, -0.1) is 0 Å². The summed E-state index contributed by atoms with van der Waals surface area (Å²) >= 11 is 0. The molecule has 3 atom stereocenters. The van der Waals surface area contributed by atoms with Crippen LogP contribution in [0.2, 0.25) is 0 Å². The van der Waals surface area contributed by atoms with E-state index in [0.717, 1.165) is 18.6 Å². The molecular weight excluding hydrogens is 242 g/mol. The van der Waals surface area contributed by atoms with Gasteiger partial charge in [0.15, 0.2) is 0 Å². The fraction of sp³-hybridized carbons (Fsp3) is 0.600. The van der Waals surface area contributed by atoms with Crippen LogP contribution < -0.4 is 5.32 Å². The molecule has 1 aliphatic carbocycles. The van der Waals surface area contributed by atoms with Crippen molar-refractivity contribution in [3.05, 3.63) is 35.4 Å². The molecule has 3 unspecified atom stereocenters. The lowest BCUT2D eigenvalue weighted by atomic mass is 10.1. The lowest BCUT2D eigenvalue weighted by Gasteiger charge is -2.19. The van der Waals surface area contributed by atoms with Crippen LogP contribution in [0.1, 0.15) is 43.4 Å². The Bertz CT molecular complexity index is 419. The zero-order chi connectivity index (χ0) is 13.0. The smallest absolute Gasteiger partial charge is 0.0583 e. The van der Waals surface area contributed by atoms with Gasteiger partial charge in [0.05, 0.1) is 5.25 Å². The number of hydrogen-bond acceptors (Lipinski definition) is 2. The average molecular weight is 265 g/mol. The summed E-state index contributed by atoms with van der Waals surface area (Å²) in [5.74, 6) is 0.852. The van der Waals surface area contributed by atoms with E-state index >= 15 is 0 Å². The van der Waals surface area contributed by atoms with E-state index in [1.807, 2.05) is 7.05 Å². The zero-order valence-corrected chi connectivity index (χ0v) is 12.1. The van der Waals surface area contributed by atoms with Crippen LogP contribution in [0.5, 0.6) is 0 Å². The fourth-order valence-corrected chi connectivity index (χ4v) is 4.53. The summed E-state index contributed by atoms with van der Waals surface area (Å²) < 4.78 is 12.4. The number of fused-ring (bicyclic) bond motifs is 1. The first-order chi connectivity index (χ1) is 8.77. The molecule has 100 valence electrons. The first-order valence-corrected chi connectivity index (χ1v) is 8.28. The lowest BCUT2D eigenvalue weighted by Crippen LogP contribution is -2.30. The minimum atomic E-state index is -0.716. The number of unbranched alkanes of at least 4 members (excludes halogenated alkanes) is 2. The summed E-state index contributed by atoms with van der Waals surface area (Å²) in [4.78, 5) is 0. The highest BCUT2D eigenvalue weighted by molar-refractivity contribution is 7.85. The zero-order valence-electron chi connectivity index (χ0n) is 11.3. The predicted molar refractivity (Wildman–Crippen MR) is 78.3 cm³/mol. The summed E-state index contributed by atoms with van der Waals surface area (Å²) in [7, 11) is 1.26. The van der Waals surface area contributed by atoms with E-state index in [1.54, 1.807) is 0 Å². The molecule has 18 heavy (non-hydrogen) atoms. The van der Waals surface area contributed by atoms with E-state index in [2.05, 4.69) is 36.5 Å². The first-order valence-electron chi connectivity index (χ1n) is 6.90. The Morgan fingerprint density at radius 1 is 1.33 bits per heavy atom. The molecule has 0 heterocycles. The summed E-state index contributed by atoms with van der Waals surface area (Å²) in [5, 5.41) is 3.60. The number of nitrogens with one attached hydrogen (secondary N) is 1. The van der Waals surface area contributed by atoms with Crippen LogP contribution in [0.4, 0.5) is 0 Å². The van der Waals surface area contributed by atoms with Crippen LogP contribution in [-0.4, -0.2) is 22.3 Å². The molecule has 3 heteroatoms. The Morgan fingerprint density at radius 2 is 2.11 bits per heavy atom. The first kappa shape index (κ1) is 13.8. The van der Waals surface area contributed by atoms with Gasteiger partial charge in [0.1, 0.15) is 0 Å². The largest absolute Gasteiger partial charge is 0.312 e. The molecule has 0 fully saturated rings. The Kier molecular flexibility index (Phi) is 4.95. The molecule has 0 radical (unpaired) electrons. The van der Waals surface area contributed by atoms with Gasteiger partial charge in [0.2, 0.25) is 0 Å². The van der Waals surface area contributed by atoms with E-state index in [0.29, 0.717) is 0 Å². The quantitative estimate of drug-likeness (QED) is 0.801. The van der Waals surface area contributed by atoms with Crippen molar-refractivity contribution in [3.8, 4) is 0 Å². The van der Waals surface area contributed by atoms with E-state index in [1.165, 1.54) is 24.0 Å². The molecule has 0 amide bonds. The van der Waals surface area contributed by atoms with Gasteiger partial charge in [-0.1, -0.05) is 44.0 Å². The molecule has 1 aromatic carbocycles. The minimum Gasteiger partial charge on any atom is -0.312 e. The van der Waals surface area contributed by atoms with Gasteiger partial charge in [-0.3, -0.25) is 4.21 Å². The summed E-state index contributed by atoms with van der Waals surface area (Å²) in [6.45, 7) is 2.19. The second kappa shape index (κ2) is 6.48. The second-order valence-electron chi connectivity index (χ2n) is 5.00. The fourth-order valence-electron chi connectivity index (χ4n) is 2.79. The van der Waals surface area contributed by atoms with Crippen LogP contribution in [0.3, 0.4) is 0 Å². The van der Waals surface area contributed by atoms with E-state index in [-0.39, 0.29) is 11.3 Å². The molecule has 0 bridgehead atoms. The monoisotopic (exact) mass is 265 g/mol. The molecular formula is C15H23NOS. The normalized spacial score (nSPS) is 23.9. The van der Waals surface area contributed by atoms with Gasteiger partial charge < -0.3 is 5.32 Å². The van der Waals surface area contributed by atoms with Crippen molar-refractivity contribution >= 4 is 10.8 Å². The number of benzene rings is 1. The van der Waals surface area contributed by atoms with Crippen LogP contribution in [0, 0.1) is 0 Å². The van der Waals surface area contributed by atoms with Crippen LogP contribution in [-0.2, 0) is 17.2 Å². The van der Waals surface area contributed by atoms with Crippen molar-refractivity contribution in [1.82, 2.24) is 5.32 Å². The molecule has 1 aromatic rings. The van der Waals surface area contributed by atoms with Gasteiger partial charge >= 0.3 is 0 Å². The van der Waals surface area contributed by atoms with E-state index < -0.39 is 10.8 Å². The van der Waals surface area contributed by atoms with E-state index in [9.17, 15) is 4.21 Å². The van der Waals surface area contributed by atoms with E-state index in [4.69, 9.17) is 0 Å². The van der Waals surface area contributed by atoms with Crippen LogP contribution >= 0.6 is 0 Å². The van der Waals surface area contributed by atoms with Gasteiger partial charge in [-0.25, -0.2) is 0 Å². The Morgan fingerprint density at radius 3 is 2.83 bits per heavy atom. The maximum atomic E-state index is 12.4. The molecule has 0 saturated heterocycles. The van der Waals surface area contributed by atoms with Crippen molar-refractivity contribution in [2.75, 3.05) is 12.8 Å². The highest BCUT2D eigenvalue weighted by Crippen LogP contribution is 2.34. The molecule has 1 aliphatic rings. The molecule has 1 N–H and O–H groups in total. The summed E-state index contributed by atoms with van der Waals surface area (Å²) in [6.07, 6.45) is 4.43. The molecule has 0 saturated carbocycles. The van der Waals surface area contributed by atoms with Gasteiger partial charge in [-0.05, 0) is 31.0 Å². The van der Waals surface area contributed by atoms with Gasteiger partial charge in [0, 0.05) is 22.6 Å². The third kappa shape index (κ3) is 2.83. The van der Waals surface area contributed by atoms with Crippen molar-refractivity contribution in [3.63, 3.8) is 0 Å². The number of hydrogen-bond donors (Lipinski definition) is 1. The molecule has 0 aromatic heterocycles. The third-order valence-corrected chi connectivity index (χ3v) is 5.59. The average Bonchev–Trinajstić information content (AvgIpc) is 2.77. The highest BCUT2D eigenvalue weighted by atomic mass is 32.2. The van der Waals surface area contributed by atoms with Crippen LogP contribution in [0.15, 0.2) is 24.3 Å². The van der Waals surface area contributed by atoms with Crippen molar-refractivity contribution < 1.29 is 4.21 Å². The maximum Gasteiger partial charge on any atom is 0.0583 e. The standard InChI is InChI=1S/C15H23NOS/c1-3-4-7-10-18(17)14-11-12-8-5-6-9-13(12)15(14)16-2/h5-6,8-9,14-16H,3-4,7,10-11H2,1-2H3. The Balaban J connectivity index is 2.05. The van der Waals surface area contributed by atoms with Crippen molar-refractivity contribution in [2.24, 2.45) is 0 Å². The Hall–Kier alpha value is -0.670. The number of rotatable bonds is 6. The maximum absolute atomic E-state index is 12.4. The highest BCUT2D eigenvalue weighted by Gasteiger charge is 2.34. The molecule has 0 aliphatic heterocycles. The van der Waals surface area contributed by atoms with Gasteiger partial charge in [0.25, 0.3) is 0 Å². The molecule has 2 nitrogen and oxygen atoms in total.